The standard InChI is InChI=1S/C23H19FN4S/c24-19-12-20-18(11-17(19)22-4-2-10-29-22)23-21(13-26-20)27-14-28(23)16-7-5-15(6-8-16)3-1-9-25/h2,4-8,10-14H,1,3,9,25H2. The molecule has 5 aromatic rings. The van der Waals surface area contributed by atoms with Gasteiger partial charge >= 0.3 is 0 Å². The molecule has 0 aliphatic heterocycles. The summed E-state index contributed by atoms with van der Waals surface area (Å²) in [6.45, 7) is 0.691. The highest BCUT2D eigenvalue weighted by Crippen LogP contribution is 2.33. The van der Waals surface area contributed by atoms with Crippen LogP contribution in [-0.2, 0) is 6.42 Å². The molecule has 0 radical (unpaired) electrons. The molecular formula is C23H19FN4S. The van der Waals surface area contributed by atoms with Gasteiger partial charge in [0.2, 0.25) is 0 Å². The lowest BCUT2D eigenvalue weighted by molar-refractivity contribution is 0.633. The third-order valence-corrected chi connectivity index (χ3v) is 6.04. The smallest absolute Gasteiger partial charge is 0.134 e. The minimum absolute atomic E-state index is 0.262. The van der Waals surface area contributed by atoms with E-state index in [-0.39, 0.29) is 5.82 Å². The van der Waals surface area contributed by atoms with E-state index in [1.54, 1.807) is 12.5 Å². The van der Waals surface area contributed by atoms with Crippen molar-refractivity contribution in [2.75, 3.05) is 6.54 Å². The fourth-order valence-corrected chi connectivity index (χ4v) is 4.40. The first-order chi connectivity index (χ1) is 14.2. The van der Waals surface area contributed by atoms with E-state index in [9.17, 15) is 4.39 Å². The van der Waals surface area contributed by atoms with Crippen molar-refractivity contribution in [3.8, 4) is 16.1 Å². The van der Waals surface area contributed by atoms with Crippen LogP contribution in [0.1, 0.15) is 12.0 Å². The van der Waals surface area contributed by atoms with Crippen molar-refractivity contribution in [1.82, 2.24) is 14.5 Å². The molecule has 0 fully saturated rings. The van der Waals surface area contributed by atoms with E-state index < -0.39 is 0 Å². The van der Waals surface area contributed by atoms with Crippen LogP contribution >= 0.6 is 11.3 Å². The SMILES string of the molecule is NCCCc1ccc(-n2cnc3cnc4cc(F)c(-c5cccs5)cc4c32)cc1. The molecule has 2 N–H and O–H groups in total. The van der Waals surface area contributed by atoms with E-state index in [0.717, 1.165) is 39.8 Å². The Morgan fingerprint density at radius 3 is 2.66 bits per heavy atom. The summed E-state index contributed by atoms with van der Waals surface area (Å²) in [5.74, 6) is -0.262. The van der Waals surface area contributed by atoms with Gasteiger partial charge in [-0.15, -0.1) is 11.3 Å². The quantitative estimate of drug-likeness (QED) is 0.432. The zero-order valence-electron chi connectivity index (χ0n) is 15.7. The Morgan fingerprint density at radius 2 is 1.90 bits per heavy atom. The van der Waals surface area contributed by atoms with Crippen molar-refractivity contribution in [2.24, 2.45) is 5.73 Å². The molecular weight excluding hydrogens is 383 g/mol. The first-order valence-corrected chi connectivity index (χ1v) is 10.4. The number of nitrogens with two attached hydrogens (primary N) is 1. The average Bonchev–Trinajstić information content (AvgIpc) is 3.42. The maximum atomic E-state index is 14.7. The van der Waals surface area contributed by atoms with Crippen LogP contribution in [0.5, 0.6) is 0 Å². The topological polar surface area (TPSA) is 56.7 Å². The molecule has 0 saturated heterocycles. The maximum Gasteiger partial charge on any atom is 0.134 e. The molecule has 0 amide bonds. The molecule has 0 aliphatic rings. The van der Waals surface area contributed by atoms with Gasteiger partial charge in [-0.3, -0.25) is 9.55 Å². The van der Waals surface area contributed by atoms with Gasteiger partial charge in [-0.2, -0.15) is 0 Å². The van der Waals surface area contributed by atoms with Crippen molar-refractivity contribution in [3.05, 3.63) is 77.8 Å². The molecule has 0 spiro atoms. The largest absolute Gasteiger partial charge is 0.330 e. The Bertz CT molecular complexity index is 1290. The first kappa shape index (κ1) is 18.0. The monoisotopic (exact) mass is 402 g/mol. The molecule has 5 rings (SSSR count). The fraction of sp³-hybridized carbons (Fsp3) is 0.130. The van der Waals surface area contributed by atoms with Crippen LogP contribution in [0.15, 0.2) is 66.4 Å². The number of hydrogen-bond acceptors (Lipinski definition) is 4. The highest BCUT2D eigenvalue weighted by molar-refractivity contribution is 7.13. The maximum absolute atomic E-state index is 14.7. The minimum Gasteiger partial charge on any atom is -0.330 e. The second-order valence-electron chi connectivity index (χ2n) is 6.99. The van der Waals surface area contributed by atoms with Crippen molar-refractivity contribution in [2.45, 2.75) is 12.8 Å². The van der Waals surface area contributed by atoms with Gasteiger partial charge in [-0.25, -0.2) is 9.37 Å². The molecule has 3 aromatic heterocycles. The highest BCUT2D eigenvalue weighted by Gasteiger charge is 2.14. The Balaban J connectivity index is 1.69. The molecule has 0 aliphatic carbocycles. The second-order valence-corrected chi connectivity index (χ2v) is 7.94. The average molecular weight is 402 g/mol. The van der Waals surface area contributed by atoms with E-state index in [2.05, 4.69) is 34.2 Å². The van der Waals surface area contributed by atoms with E-state index in [1.807, 2.05) is 28.1 Å². The van der Waals surface area contributed by atoms with E-state index >= 15 is 0 Å². The Morgan fingerprint density at radius 1 is 1.03 bits per heavy atom. The number of halogens is 1. The molecule has 0 saturated carbocycles. The van der Waals surface area contributed by atoms with Gasteiger partial charge in [0.15, 0.2) is 0 Å². The number of benzene rings is 2. The second kappa shape index (κ2) is 7.39. The number of fused-ring (bicyclic) bond motifs is 3. The third-order valence-electron chi connectivity index (χ3n) is 5.13. The summed E-state index contributed by atoms with van der Waals surface area (Å²) in [4.78, 5) is 9.85. The van der Waals surface area contributed by atoms with Crippen LogP contribution in [0.2, 0.25) is 0 Å². The third kappa shape index (κ3) is 3.20. The summed E-state index contributed by atoms with van der Waals surface area (Å²) in [6, 6.07) is 15.7. The number of aryl methyl sites for hydroxylation is 1. The summed E-state index contributed by atoms with van der Waals surface area (Å²) >= 11 is 1.52. The number of aromatic nitrogens is 3. The molecule has 144 valence electrons. The van der Waals surface area contributed by atoms with Crippen LogP contribution in [0, 0.1) is 5.82 Å². The highest BCUT2D eigenvalue weighted by atomic mass is 32.1. The van der Waals surface area contributed by atoms with Crippen molar-refractivity contribution in [1.29, 1.82) is 0 Å². The van der Waals surface area contributed by atoms with Crippen LogP contribution < -0.4 is 5.73 Å². The lowest BCUT2D eigenvalue weighted by atomic mass is 10.1. The number of imidazole rings is 1. The van der Waals surface area contributed by atoms with Crippen molar-refractivity contribution in [3.63, 3.8) is 0 Å². The zero-order valence-corrected chi connectivity index (χ0v) is 16.5. The van der Waals surface area contributed by atoms with E-state index in [0.29, 0.717) is 17.6 Å². The lowest BCUT2D eigenvalue weighted by Gasteiger charge is -2.09. The lowest BCUT2D eigenvalue weighted by Crippen LogP contribution is -2.00. The van der Waals surface area contributed by atoms with Crippen LogP contribution in [0.4, 0.5) is 4.39 Å². The number of hydrogen-bond donors (Lipinski definition) is 1. The molecule has 0 unspecified atom stereocenters. The number of pyridine rings is 1. The molecule has 3 heterocycles. The fourth-order valence-electron chi connectivity index (χ4n) is 3.66. The van der Waals surface area contributed by atoms with Gasteiger partial charge in [0, 0.05) is 27.6 Å². The van der Waals surface area contributed by atoms with E-state index in [4.69, 9.17) is 5.73 Å². The van der Waals surface area contributed by atoms with Gasteiger partial charge in [-0.1, -0.05) is 18.2 Å². The van der Waals surface area contributed by atoms with Crippen LogP contribution in [0.3, 0.4) is 0 Å². The molecule has 6 heteroatoms. The molecule has 29 heavy (non-hydrogen) atoms. The van der Waals surface area contributed by atoms with Gasteiger partial charge in [0.05, 0.1) is 17.2 Å². The Labute approximate surface area is 171 Å². The van der Waals surface area contributed by atoms with Crippen molar-refractivity contribution >= 4 is 33.3 Å². The van der Waals surface area contributed by atoms with Crippen molar-refractivity contribution < 1.29 is 4.39 Å². The number of thiophene rings is 1. The minimum atomic E-state index is -0.262. The summed E-state index contributed by atoms with van der Waals surface area (Å²) in [6.07, 6.45) is 5.45. The number of rotatable bonds is 5. The van der Waals surface area contributed by atoms with Gasteiger partial charge in [0.25, 0.3) is 0 Å². The van der Waals surface area contributed by atoms with Crippen LogP contribution in [0.25, 0.3) is 38.1 Å². The number of nitrogens with zero attached hydrogens (tertiary/aromatic N) is 3. The van der Waals surface area contributed by atoms with Gasteiger partial charge in [-0.05, 0) is 54.6 Å². The molecule has 2 aromatic carbocycles. The normalized spacial score (nSPS) is 11.5. The van der Waals surface area contributed by atoms with Gasteiger partial charge < -0.3 is 5.73 Å². The molecule has 0 bridgehead atoms. The molecule has 0 atom stereocenters. The summed E-state index contributed by atoms with van der Waals surface area (Å²) in [5.41, 5.74) is 10.8. The molecule has 4 nitrogen and oxygen atoms in total. The Kier molecular flexibility index (Phi) is 4.58. The predicted molar refractivity (Wildman–Crippen MR) is 117 cm³/mol. The zero-order chi connectivity index (χ0) is 19.8. The van der Waals surface area contributed by atoms with E-state index in [1.165, 1.54) is 23.0 Å². The van der Waals surface area contributed by atoms with Crippen LogP contribution in [-0.4, -0.2) is 21.1 Å². The van der Waals surface area contributed by atoms with Gasteiger partial charge in [0.1, 0.15) is 17.7 Å². The first-order valence-electron chi connectivity index (χ1n) is 9.53. The summed E-state index contributed by atoms with van der Waals surface area (Å²) in [5, 5.41) is 2.84. The predicted octanol–water partition coefficient (Wildman–Crippen LogP) is 5.33. The summed E-state index contributed by atoms with van der Waals surface area (Å²) in [7, 11) is 0. The summed E-state index contributed by atoms with van der Waals surface area (Å²) < 4.78 is 16.8. The Hall–Kier alpha value is -3.09.